The average molecular weight is 288 g/mol. The van der Waals surface area contributed by atoms with Crippen LogP contribution >= 0.6 is 0 Å². The lowest BCUT2D eigenvalue weighted by atomic mass is 10.2. The quantitative estimate of drug-likeness (QED) is 0.871. The molecule has 3 rings (SSSR count). The molecule has 112 valence electrons. The Labute approximate surface area is 123 Å². The Kier molecular flexibility index (Phi) is 3.77. The summed E-state index contributed by atoms with van der Waals surface area (Å²) in [6.07, 6.45) is 5.07. The third-order valence-corrected chi connectivity index (χ3v) is 4.15. The number of rotatable bonds is 3. The maximum Gasteiger partial charge on any atom is 0.315 e. The number of nitrogens with zero attached hydrogens (tertiary/aromatic N) is 2. The highest BCUT2D eigenvalue weighted by atomic mass is 16.2. The maximum absolute atomic E-state index is 12.3. The number of hydrogen-bond donors (Lipinski definition) is 2. The molecule has 2 heterocycles. The second-order valence-corrected chi connectivity index (χ2v) is 5.92. The molecule has 6 nitrogen and oxygen atoms in total. The highest BCUT2D eigenvalue weighted by Crippen LogP contribution is 2.28. The van der Waals surface area contributed by atoms with E-state index in [1.165, 1.54) is 0 Å². The predicted molar refractivity (Wildman–Crippen MR) is 77.8 cm³/mol. The van der Waals surface area contributed by atoms with Crippen molar-refractivity contribution in [3.05, 3.63) is 30.1 Å². The summed E-state index contributed by atoms with van der Waals surface area (Å²) in [7, 11) is 0. The Balaban J connectivity index is 1.49. The summed E-state index contributed by atoms with van der Waals surface area (Å²) in [6.45, 7) is 3.34. The van der Waals surface area contributed by atoms with Gasteiger partial charge in [0.2, 0.25) is 0 Å². The van der Waals surface area contributed by atoms with Gasteiger partial charge >= 0.3 is 6.03 Å². The van der Waals surface area contributed by atoms with Crippen molar-refractivity contribution < 1.29 is 9.59 Å². The summed E-state index contributed by atoms with van der Waals surface area (Å²) in [4.78, 5) is 29.8. The van der Waals surface area contributed by atoms with Crippen molar-refractivity contribution in [2.45, 2.75) is 31.8 Å². The molecule has 6 heteroatoms. The van der Waals surface area contributed by atoms with Gasteiger partial charge in [-0.25, -0.2) is 4.79 Å². The van der Waals surface area contributed by atoms with E-state index in [-0.39, 0.29) is 18.0 Å². The van der Waals surface area contributed by atoms with Crippen molar-refractivity contribution in [3.63, 3.8) is 0 Å². The van der Waals surface area contributed by atoms with Gasteiger partial charge in [0, 0.05) is 37.6 Å². The van der Waals surface area contributed by atoms with Gasteiger partial charge < -0.3 is 15.5 Å². The Bertz CT molecular complexity index is 534. The van der Waals surface area contributed by atoms with Crippen LogP contribution in [-0.4, -0.2) is 47.0 Å². The monoisotopic (exact) mass is 288 g/mol. The number of aromatic nitrogens is 1. The highest BCUT2D eigenvalue weighted by molar-refractivity contribution is 5.94. The van der Waals surface area contributed by atoms with Crippen LogP contribution in [0.4, 0.5) is 4.79 Å². The number of pyridine rings is 1. The van der Waals surface area contributed by atoms with Gasteiger partial charge in [0.25, 0.3) is 5.91 Å². The van der Waals surface area contributed by atoms with E-state index < -0.39 is 0 Å². The third kappa shape index (κ3) is 3.32. The number of amides is 3. The molecule has 0 radical (unpaired) electrons. The molecule has 3 unspecified atom stereocenters. The van der Waals surface area contributed by atoms with Crippen molar-refractivity contribution in [2.24, 2.45) is 5.92 Å². The van der Waals surface area contributed by atoms with Gasteiger partial charge in [-0.2, -0.15) is 0 Å². The molecule has 21 heavy (non-hydrogen) atoms. The first-order valence-electron chi connectivity index (χ1n) is 7.40. The molecule has 3 atom stereocenters. The Hall–Kier alpha value is -2.11. The fourth-order valence-corrected chi connectivity index (χ4v) is 2.65. The van der Waals surface area contributed by atoms with Gasteiger partial charge in [-0.1, -0.05) is 6.92 Å². The molecule has 1 aliphatic heterocycles. The third-order valence-electron chi connectivity index (χ3n) is 4.15. The second kappa shape index (κ2) is 5.71. The van der Waals surface area contributed by atoms with Gasteiger partial charge in [0.1, 0.15) is 0 Å². The second-order valence-electron chi connectivity index (χ2n) is 5.92. The van der Waals surface area contributed by atoms with Crippen LogP contribution in [0.15, 0.2) is 24.5 Å². The maximum atomic E-state index is 12.3. The van der Waals surface area contributed by atoms with Crippen LogP contribution < -0.4 is 10.6 Å². The van der Waals surface area contributed by atoms with Crippen molar-refractivity contribution in [3.8, 4) is 0 Å². The summed E-state index contributed by atoms with van der Waals surface area (Å²) in [5, 5.41) is 5.89. The standard InChI is InChI=1S/C15H20N4O2/c1-10-7-13(10)18-15(21)17-12-4-6-19(9-12)14(20)11-3-2-5-16-8-11/h2-3,5,8,10,12-13H,4,6-7,9H2,1H3,(H2,17,18,21). The normalized spacial score (nSPS) is 27.3. The van der Waals surface area contributed by atoms with Crippen molar-refractivity contribution in [2.75, 3.05) is 13.1 Å². The van der Waals surface area contributed by atoms with Crippen LogP contribution in [0.5, 0.6) is 0 Å². The Morgan fingerprint density at radius 3 is 2.86 bits per heavy atom. The molecule has 2 aliphatic rings. The van der Waals surface area contributed by atoms with Crippen molar-refractivity contribution in [1.82, 2.24) is 20.5 Å². The molecule has 2 N–H and O–H groups in total. The smallest absolute Gasteiger partial charge is 0.315 e. The van der Waals surface area contributed by atoms with Gasteiger partial charge in [-0.05, 0) is 30.9 Å². The first kappa shape index (κ1) is 13.9. The zero-order valence-corrected chi connectivity index (χ0v) is 12.1. The van der Waals surface area contributed by atoms with Crippen LogP contribution in [0, 0.1) is 5.92 Å². The molecule has 0 aromatic carbocycles. The van der Waals surface area contributed by atoms with E-state index in [2.05, 4.69) is 22.5 Å². The molecule has 3 amide bonds. The van der Waals surface area contributed by atoms with Gasteiger partial charge in [-0.15, -0.1) is 0 Å². The van der Waals surface area contributed by atoms with E-state index in [9.17, 15) is 9.59 Å². The Morgan fingerprint density at radius 2 is 2.19 bits per heavy atom. The van der Waals surface area contributed by atoms with E-state index in [0.717, 1.165) is 12.8 Å². The molecule has 0 spiro atoms. The predicted octanol–water partition coefficient (Wildman–Crippen LogP) is 1.00. The Morgan fingerprint density at radius 1 is 1.38 bits per heavy atom. The SMILES string of the molecule is CC1CC1NC(=O)NC1CCN(C(=O)c2cccnc2)C1. The van der Waals surface area contributed by atoms with Crippen molar-refractivity contribution in [1.29, 1.82) is 0 Å². The van der Waals surface area contributed by atoms with Gasteiger partial charge in [-0.3, -0.25) is 9.78 Å². The number of likely N-dealkylation sites (tertiary alicyclic amines) is 1. The lowest BCUT2D eigenvalue weighted by molar-refractivity contribution is 0.0789. The van der Waals surface area contributed by atoms with E-state index in [4.69, 9.17) is 0 Å². The molecule has 0 bridgehead atoms. The first-order valence-corrected chi connectivity index (χ1v) is 7.40. The number of urea groups is 1. The topological polar surface area (TPSA) is 74.3 Å². The molecule has 1 aromatic rings. The molecule has 2 fully saturated rings. The van der Waals surface area contributed by atoms with Gasteiger partial charge in [0.05, 0.1) is 5.56 Å². The molecular weight excluding hydrogens is 268 g/mol. The zero-order chi connectivity index (χ0) is 14.8. The van der Waals surface area contributed by atoms with Crippen LogP contribution in [0.25, 0.3) is 0 Å². The van der Waals surface area contributed by atoms with E-state index in [1.807, 2.05) is 0 Å². The summed E-state index contributed by atoms with van der Waals surface area (Å²) >= 11 is 0. The van der Waals surface area contributed by atoms with E-state index >= 15 is 0 Å². The average Bonchev–Trinajstić information content (AvgIpc) is 2.99. The number of carbonyl (C=O) groups excluding carboxylic acids is 2. The summed E-state index contributed by atoms with van der Waals surface area (Å²) in [6, 6.07) is 3.74. The fourth-order valence-electron chi connectivity index (χ4n) is 2.65. The minimum absolute atomic E-state index is 0.0244. The lowest BCUT2D eigenvalue weighted by Crippen LogP contribution is -2.44. The van der Waals surface area contributed by atoms with Crippen LogP contribution in [0.3, 0.4) is 0 Å². The minimum Gasteiger partial charge on any atom is -0.336 e. The molecule has 1 aromatic heterocycles. The van der Waals surface area contributed by atoms with Crippen LogP contribution in [0.2, 0.25) is 0 Å². The van der Waals surface area contributed by atoms with Crippen molar-refractivity contribution >= 4 is 11.9 Å². The minimum atomic E-state index is -0.120. The molecule has 1 saturated carbocycles. The molecular formula is C15H20N4O2. The summed E-state index contributed by atoms with van der Waals surface area (Å²) < 4.78 is 0. The number of nitrogens with one attached hydrogen (secondary N) is 2. The van der Waals surface area contributed by atoms with E-state index in [1.54, 1.807) is 29.4 Å². The summed E-state index contributed by atoms with van der Waals surface area (Å²) in [5.74, 6) is 0.562. The van der Waals surface area contributed by atoms with Crippen LogP contribution in [0.1, 0.15) is 30.1 Å². The lowest BCUT2D eigenvalue weighted by Gasteiger charge is -2.17. The zero-order valence-electron chi connectivity index (χ0n) is 12.1. The van der Waals surface area contributed by atoms with Crippen LogP contribution in [-0.2, 0) is 0 Å². The summed E-state index contributed by atoms with van der Waals surface area (Å²) in [5.41, 5.74) is 0.592. The molecule has 1 saturated heterocycles. The highest BCUT2D eigenvalue weighted by Gasteiger charge is 2.35. The number of carbonyl (C=O) groups is 2. The van der Waals surface area contributed by atoms with E-state index in [0.29, 0.717) is 30.6 Å². The largest absolute Gasteiger partial charge is 0.336 e. The van der Waals surface area contributed by atoms with Gasteiger partial charge in [0.15, 0.2) is 0 Å². The fraction of sp³-hybridized carbons (Fsp3) is 0.533. The number of hydrogen-bond acceptors (Lipinski definition) is 3. The first-order chi connectivity index (χ1) is 10.1. The molecule has 1 aliphatic carbocycles.